The Hall–Kier alpha value is -0.0200. The summed E-state index contributed by atoms with van der Waals surface area (Å²) in [5.41, 5.74) is 5.79. The van der Waals surface area contributed by atoms with Crippen molar-refractivity contribution in [1.29, 1.82) is 0 Å². The van der Waals surface area contributed by atoms with Gasteiger partial charge in [-0.2, -0.15) is 0 Å². The second-order valence-corrected chi connectivity index (χ2v) is 6.49. The molecule has 0 radical (unpaired) electrons. The Bertz CT molecular complexity index is 344. The number of aromatic nitrogens is 1. The summed E-state index contributed by atoms with van der Waals surface area (Å²) >= 11 is 3.47. The van der Waals surface area contributed by atoms with Crippen molar-refractivity contribution < 1.29 is 0 Å². The molecule has 1 aromatic heterocycles. The predicted molar refractivity (Wildman–Crippen MR) is 102 cm³/mol. The van der Waals surface area contributed by atoms with Crippen LogP contribution in [0, 0.1) is 0 Å². The number of thiazole rings is 1. The van der Waals surface area contributed by atoms with Gasteiger partial charge in [-0.3, -0.25) is 4.99 Å². The van der Waals surface area contributed by atoms with E-state index in [1.54, 1.807) is 23.1 Å². The van der Waals surface area contributed by atoms with Crippen LogP contribution < -0.4 is 11.1 Å². The molecule has 0 aliphatic carbocycles. The number of unbranched alkanes of at least 4 members (excludes halogenated alkanes) is 3. The molecule has 7 heteroatoms. The van der Waals surface area contributed by atoms with Gasteiger partial charge in [0.2, 0.25) is 0 Å². The zero-order valence-corrected chi connectivity index (χ0v) is 16.0. The summed E-state index contributed by atoms with van der Waals surface area (Å²) in [7, 11) is 0. The van der Waals surface area contributed by atoms with Gasteiger partial charge in [-0.1, -0.05) is 37.9 Å². The maximum Gasteiger partial charge on any atom is 0.188 e. The van der Waals surface area contributed by atoms with Gasteiger partial charge in [-0.25, -0.2) is 4.98 Å². The van der Waals surface area contributed by atoms with Crippen molar-refractivity contribution in [3.05, 3.63) is 11.6 Å². The topological polar surface area (TPSA) is 63.3 Å². The first-order valence-corrected chi connectivity index (χ1v) is 8.75. The minimum absolute atomic E-state index is 0. The third kappa shape index (κ3) is 10.7. The van der Waals surface area contributed by atoms with Crippen LogP contribution in [0.15, 0.2) is 20.9 Å². The second kappa shape index (κ2) is 13.9. The van der Waals surface area contributed by atoms with Crippen LogP contribution in [0.4, 0.5) is 0 Å². The molecule has 3 N–H and O–H groups in total. The Labute approximate surface area is 147 Å². The molecule has 0 fully saturated rings. The summed E-state index contributed by atoms with van der Waals surface area (Å²) in [6.07, 6.45) is 7.87. The first-order chi connectivity index (χ1) is 9.33. The molecule has 0 aliphatic heterocycles. The van der Waals surface area contributed by atoms with Crippen molar-refractivity contribution in [1.82, 2.24) is 10.3 Å². The van der Waals surface area contributed by atoms with Crippen LogP contribution in [0.3, 0.4) is 0 Å². The van der Waals surface area contributed by atoms with Gasteiger partial charge in [0.05, 0.1) is 0 Å². The van der Waals surface area contributed by atoms with E-state index in [9.17, 15) is 0 Å². The molecule has 0 atom stereocenters. The van der Waals surface area contributed by atoms with Crippen molar-refractivity contribution in [3.63, 3.8) is 0 Å². The SMILES string of the molecule is CCCCCCNC(N)=NCCCSc1nccs1.I. The number of aliphatic imine (C=N–C) groups is 1. The molecule has 0 unspecified atom stereocenters. The molecule has 0 aromatic carbocycles. The van der Waals surface area contributed by atoms with Gasteiger partial charge >= 0.3 is 0 Å². The predicted octanol–water partition coefficient (Wildman–Crippen LogP) is 3.73. The zero-order valence-electron chi connectivity index (χ0n) is 12.0. The number of rotatable bonds is 10. The fourth-order valence-corrected chi connectivity index (χ4v) is 3.16. The first kappa shape index (κ1) is 20.0. The van der Waals surface area contributed by atoms with Crippen molar-refractivity contribution in [2.45, 2.75) is 43.4 Å². The van der Waals surface area contributed by atoms with Gasteiger partial charge in [0.25, 0.3) is 0 Å². The van der Waals surface area contributed by atoms with E-state index >= 15 is 0 Å². The maximum atomic E-state index is 5.79. The van der Waals surface area contributed by atoms with Gasteiger partial charge in [0.15, 0.2) is 5.96 Å². The van der Waals surface area contributed by atoms with Crippen LogP contribution >= 0.6 is 47.1 Å². The van der Waals surface area contributed by atoms with Gasteiger partial charge in [0.1, 0.15) is 4.34 Å². The highest BCUT2D eigenvalue weighted by Gasteiger charge is 1.96. The van der Waals surface area contributed by atoms with Gasteiger partial charge in [0, 0.05) is 30.4 Å². The van der Waals surface area contributed by atoms with E-state index in [0.717, 1.165) is 29.6 Å². The fraction of sp³-hybridized carbons (Fsp3) is 0.692. The van der Waals surface area contributed by atoms with Crippen LogP contribution in [0.1, 0.15) is 39.0 Å². The van der Waals surface area contributed by atoms with Crippen LogP contribution in [0.25, 0.3) is 0 Å². The molecule has 0 saturated carbocycles. The minimum atomic E-state index is 0. The Morgan fingerprint density at radius 2 is 2.25 bits per heavy atom. The van der Waals surface area contributed by atoms with E-state index in [4.69, 9.17) is 5.73 Å². The van der Waals surface area contributed by atoms with E-state index < -0.39 is 0 Å². The number of hydrogen-bond acceptors (Lipinski definition) is 4. The lowest BCUT2D eigenvalue weighted by Gasteiger charge is -2.05. The Balaban J connectivity index is 0.00000361. The molecule has 4 nitrogen and oxygen atoms in total. The van der Waals surface area contributed by atoms with Crippen molar-refractivity contribution in [2.75, 3.05) is 18.8 Å². The van der Waals surface area contributed by atoms with Crippen molar-refractivity contribution in [3.8, 4) is 0 Å². The van der Waals surface area contributed by atoms with Gasteiger partial charge in [-0.05, 0) is 12.8 Å². The normalized spacial score (nSPS) is 11.2. The molecule has 1 aromatic rings. The van der Waals surface area contributed by atoms with Crippen LogP contribution in [0.2, 0.25) is 0 Å². The molecule has 1 rings (SSSR count). The highest BCUT2D eigenvalue weighted by Crippen LogP contribution is 2.20. The smallest absolute Gasteiger partial charge is 0.188 e. The zero-order chi connectivity index (χ0) is 13.8. The summed E-state index contributed by atoms with van der Waals surface area (Å²) in [6.45, 7) is 3.93. The van der Waals surface area contributed by atoms with E-state index in [1.807, 2.05) is 11.6 Å². The number of thioether (sulfide) groups is 1. The van der Waals surface area contributed by atoms with E-state index in [-0.39, 0.29) is 24.0 Å². The third-order valence-corrected chi connectivity index (χ3v) is 4.61. The largest absolute Gasteiger partial charge is 0.370 e. The third-order valence-electron chi connectivity index (χ3n) is 2.56. The van der Waals surface area contributed by atoms with Crippen LogP contribution in [0.5, 0.6) is 0 Å². The molecule has 0 spiro atoms. The average Bonchev–Trinajstić information content (AvgIpc) is 2.91. The summed E-state index contributed by atoms with van der Waals surface area (Å²) in [5.74, 6) is 1.62. The van der Waals surface area contributed by atoms with Crippen LogP contribution in [-0.4, -0.2) is 29.8 Å². The molecule has 0 saturated heterocycles. The number of guanidine groups is 1. The lowest BCUT2D eigenvalue weighted by atomic mass is 10.2. The number of nitrogens with one attached hydrogen (secondary N) is 1. The van der Waals surface area contributed by atoms with Crippen molar-refractivity contribution >= 4 is 53.0 Å². The quantitative estimate of drug-likeness (QED) is 0.196. The summed E-state index contributed by atoms with van der Waals surface area (Å²) < 4.78 is 1.13. The number of nitrogens with two attached hydrogens (primary N) is 1. The Morgan fingerprint density at radius 1 is 1.40 bits per heavy atom. The standard InChI is InChI=1S/C13H24N4S2.HI/c1-2-3-4-5-7-15-12(14)16-8-6-10-18-13-17-9-11-19-13;/h9,11H,2-8,10H2,1H3,(H3,14,15,16);1H. The highest BCUT2D eigenvalue weighted by atomic mass is 127. The van der Waals surface area contributed by atoms with E-state index in [0.29, 0.717) is 5.96 Å². The number of halogens is 1. The van der Waals surface area contributed by atoms with E-state index in [1.165, 1.54) is 25.7 Å². The minimum Gasteiger partial charge on any atom is -0.370 e. The van der Waals surface area contributed by atoms with Gasteiger partial charge < -0.3 is 11.1 Å². The van der Waals surface area contributed by atoms with Crippen LogP contribution in [-0.2, 0) is 0 Å². The van der Waals surface area contributed by atoms with E-state index in [2.05, 4.69) is 22.2 Å². The Morgan fingerprint density at radius 3 is 2.95 bits per heavy atom. The molecule has 0 bridgehead atoms. The number of nitrogens with zero attached hydrogens (tertiary/aromatic N) is 2. The fourth-order valence-electron chi connectivity index (χ4n) is 1.53. The molecule has 20 heavy (non-hydrogen) atoms. The molecule has 116 valence electrons. The summed E-state index contributed by atoms with van der Waals surface area (Å²) in [4.78, 5) is 8.54. The lowest BCUT2D eigenvalue weighted by molar-refractivity contribution is 0.652. The van der Waals surface area contributed by atoms with Gasteiger partial charge in [-0.15, -0.1) is 35.3 Å². The summed E-state index contributed by atoms with van der Waals surface area (Å²) in [6, 6.07) is 0. The molecular formula is C13H25IN4S2. The second-order valence-electron chi connectivity index (χ2n) is 4.25. The maximum absolute atomic E-state index is 5.79. The highest BCUT2D eigenvalue weighted by molar-refractivity contribution is 14.0. The average molecular weight is 428 g/mol. The first-order valence-electron chi connectivity index (χ1n) is 6.89. The lowest BCUT2D eigenvalue weighted by Crippen LogP contribution is -2.32. The molecule has 1 heterocycles. The monoisotopic (exact) mass is 428 g/mol. The molecular weight excluding hydrogens is 403 g/mol. The molecule has 0 aliphatic rings. The Kier molecular flexibility index (Phi) is 13.9. The van der Waals surface area contributed by atoms with Crippen molar-refractivity contribution in [2.24, 2.45) is 10.7 Å². The molecule has 0 amide bonds. The summed E-state index contributed by atoms with van der Waals surface area (Å²) in [5, 5.41) is 5.16. The number of hydrogen-bond donors (Lipinski definition) is 2.